The fourth-order valence-electron chi connectivity index (χ4n) is 5.45. The molecule has 42 heavy (non-hydrogen) atoms. The monoisotopic (exact) mass is 617 g/mol. The zero-order valence-electron chi connectivity index (χ0n) is 27.7. The molecular weight excluding hydrogens is 550 g/mol. The van der Waals surface area contributed by atoms with Gasteiger partial charge in [-0.1, -0.05) is 162 Å². The number of ether oxygens (including phenoxy) is 1. The Balaban J connectivity index is 4.74. The summed E-state index contributed by atoms with van der Waals surface area (Å²) in [6.07, 6.45) is 25.6. The van der Waals surface area contributed by atoms with Crippen LogP contribution in [0.3, 0.4) is 0 Å². The second-order valence-electron chi connectivity index (χ2n) is 12.2. The Morgan fingerprint density at radius 3 is 1.31 bits per heavy atom. The number of rotatable bonds is 32. The normalized spacial score (nSPS) is 13.2. The van der Waals surface area contributed by atoms with E-state index in [1.165, 1.54) is 77.0 Å². The van der Waals surface area contributed by atoms with Gasteiger partial charge in [-0.2, -0.15) is 8.42 Å². The van der Waals surface area contributed by atoms with Gasteiger partial charge < -0.3 is 10.5 Å². The molecule has 0 aliphatic heterocycles. The van der Waals surface area contributed by atoms with Crippen LogP contribution in [0.1, 0.15) is 188 Å². The van der Waals surface area contributed by atoms with Crippen molar-refractivity contribution in [1.82, 2.24) is 0 Å². The highest BCUT2D eigenvalue weighted by Crippen LogP contribution is 2.33. The average molecular weight is 618 g/mol. The Morgan fingerprint density at radius 1 is 0.548 bits per heavy atom. The molecule has 0 bridgehead atoms. The highest BCUT2D eigenvalue weighted by Gasteiger charge is 2.53. The van der Waals surface area contributed by atoms with Crippen LogP contribution in [0, 0.1) is 0 Å². The number of unbranched alkanes of at least 4 members (excludes halogenated alkanes) is 21. The van der Waals surface area contributed by atoms with Crippen LogP contribution < -0.4 is 5.73 Å². The van der Waals surface area contributed by atoms with Gasteiger partial charge in [-0.15, -0.1) is 0 Å². The first-order valence-electron chi connectivity index (χ1n) is 17.6. The van der Waals surface area contributed by atoms with Gasteiger partial charge in [0.1, 0.15) is 0 Å². The van der Waals surface area contributed by atoms with Crippen molar-refractivity contribution in [1.29, 1.82) is 0 Å². The maximum absolute atomic E-state index is 13.5. The van der Waals surface area contributed by atoms with Gasteiger partial charge in [0.25, 0.3) is 10.1 Å². The van der Waals surface area contributed by atoms with Gasteiger partial charge in [0.05, 0.1) is 19.6 Å². The molecule has 1 amide bonds. The minimum absolute atomic E-state index is 0.00835. The molecule has 0 aromatic heterocycles. The topological polar surface area (TPSA) is 113 Å². The summed E-state index contributed by atoms with van der Waals surface area (Å²) in [5.41, 5.74) is 5.50. The van der Waals surface area contributed by atoms with Gasteiger partial charge in [0, 0.05) is 0 Å². The molecule has 1 unspecified atom stereocenters. The quantitative estimate of drug-likeness (QED) is 0.0457. The van der Waals surface area contributed by atoms with Crippen molar-refractivity contribution in [3.8, 4) is 0 Å². The number of nitrogens with two attached hydrogens (primary N) is 1. The fourth-order valence-corrected chi connectivity index (χ4v) is 6.99. The van der Waals surface area contributed by atoms with E-state index in [4.69, 9.17) is 14.7 Å². The summed E-state index contributed by atoms with van der Waals surface area (Å²) in [4.78, 5) is 25.4. The average Bonchev–Trinajstić information content (AvgIpc) is 2.95. The minimum atomic E-state index is -4.41. The van der Waals surface area contributed by atoms with Crippen molar-refractivity contribution in [3.63, 3.8) is 0 Å². The van der Waals surface area contributed by atoms with E-state index in [-0.39, 0.29) is 19.6 Å². The molecule has 0 aliphatic rings. The molecule has 2 N–H and O–H groups in total. The van der Waals surface area contributed by atoms with Crippen molar-refractivity contribution in [3.05, 3.63) is 0 Å². The third-order valence-corrected chi connectivity index (χ3v) is 10.2. The molecule has 0 rings (SSSR count). The molecule has 0 spiro atoms. The lowest BCUT2D eigenvalue weighted by Crippen LogP contribution is -2.51. The van der Waals surface area contributed by atoms with Crippen molar-refractivity contribution in [2.75, 3.05) is 13.2 Å². The Hall–Kier alpha value is -1.15. The number of hydrogen-bond donors (Lipinski definition) is 1. The highest BCUT2D eigenvalue weighted by atomic mass is 32.2. The van der Waals surface area contributed by atoms with E-state index >= 15 is 0 Å². The van der Waals surface area contributed by atoms with Crippen LogP contribution in [0.15, 0.2) is 0 Å². The maximum Gasteiger partial charge on any atom is 0.330 e. The number of carbonyl (C=O) groups excluding carboxylic acids is 2. The number of amides is 1. The van der Waals surface area contributed by atoms with Crippen LogP contribution in [-0.2, 0) is 28.6 Å². The molecule has 1 atom stereocenters. The van der Waals surface area contributed by atoms with Crippen LogP contribution in [0.5, 0.6) is 0 Å². The first kappa shape index (κ1) is 40.9. The zero-order valence-corrected chi connectivity index (χ0v) is 28.6. The lowest BCUT2D eigenvalue weighted by Gasteiger charge is -2.29. The summed E-state index contributed by atoms with van der Waals surface area (Å²) >= 11 is 0. The van der Waals surface area contributed by atoms with E-state index in [9.17, 15) is 18.0 Å². The van der Waals surface area contributed by atoms with Crippen LogP contribution in [0.4, 0.5) is 0 Å². The van der Waals surface area contributed by atoms with Gasteiger partial charge in [-0.25, -0.2) is 0 Å². The van der Waals surface area contributed by atoms with Gasteiger partial charge in [-0.05, 0) is 19.3 Å². The van der Waals surface area contributed by atoms with Gasteiger partial charge in [-0.3, -0.25) is 13.8 Å². The van der Waals surface area contributed by atoms with E-state index in [2.05, 4.69) is 20.8 Å². The maximum atomic E-state index is 13.5. The molecule has 8 heteroatoms. The molecule has 0 heterocycles. The van der Waals surface area contributed by atoms with E-state index in [1.54, 1.807) is 0 Å². The summed E-state index contributed by atoms with van der Waals surface area (Å²) in [7, 11) is -4.41. The largest absolute Gasteiger partial charge is 0.464 e. The lowest BCUT2D eigenvalue weighted by molar-refractivity contribution is -0.149. The molecule has 0 saturated carbocycles. The number of hydrogen-bond acceptors (Lipinski definition) is 6. The smallest absolute Gasteiger partial charge is 0.330 e. The Morgan fingerprint density at radius 2 is 0.905 bits per heavy atom. The van der Waals surface area contributed by atoms with Crippen molar-refractivity contribution < 1.29 is 26.9 Å². The summed E-state index contributed by atoms with van der Waals surface area (Å²) < 4.78 is 35.6. The summed E-state index contributed by atoms with van der Waals surface area (Å²) in [5, 5.41) is 0. The fraction of sp³-hybridized carbons (Fsp3) is 0.941. The standard InChI is InChI=1S/C34H67NO6S/c1-4-7-10-13-14-15-16-17-18-19-20-21-22-23-24-25-28-34(31-32(35)36,33(37)40-29-26-11-8-5-2)42(38,39)41-30-27-12-9-6-3/h4-31H2,1-3H3,(H2,35,36). The third kappa shape index (κ3) is 19.9. The number of esters is 1. The Labute approximate surface area is 260 Å². The third-order valence-electron chi connectivity index (χ3n) is 8.21. The molecule has 0 fully saturated rings. The highest BCUT2D eigenvalue weighted by molar-refractivity contribution is 7.89. The van der Waals surface area contributed by atoms with Gasteiger partial charge in [0.15, 0.2) is 0 Å². The molecular formula is C34H67NO6S. The van der Waals surface area contributed by atoms with Gasteiger partial charge >= 0.3 is 5.97 Å². The molecule has 0 aromatic carbocycles. The summed E-state index contributed by atoms with van der Waals surface area (Å²) in [6.45, 7) is 6.54. The van der Waals surface area contributed by atoms with Crippen molar-refractivity contribution in [2.24, 2.45) is 5.73 Å². The molecule has 250 valence electrons. The predicted octanol–water partition coefficient (Wildman–Crippen LogP) is 9.30. The van der Waals surface area contributed by atoms with Crippen molar-refractivity contribution in [2.45, 2.75) is 192 Å². The van der Waals surface area contributed by atoms with E-state index in [0.29, 0.717) is 19.3 Å². The predicted molar refractivity (Wildman–Crippen MR) is 175 cm³/mol. The van der Waals surface area contributed by atoms with E-state index in [1.807, 2.05) is 0 Å². The Kier molecular flexibility index (Phi) is 26.7. The van der Waals surface area contributed by atoms with Gasteiger partial charge in [0.2, 0.25) is 10.7 Å². The molecule has 0 saturated heterocycles. The lowest BCUT2D eigenvalue weighted by atomic mass is 9.95. The second-order valence-corrected chi connectivity index (χ2v) is 14.1. The van der Waals surface area contributed by atoms with Crippen LogP contribution >= 0.6 is 0 Å². The van der Waals surface area contributed by atoms with Crippen LogP contribution in [-0.4, -0.2) is 38.3 Å². The van der Waals surface area contributed by atoms with E-state index < -0.39 is 33.2 Å². The molecule has 0 radical (unpaired) electrons. The van der Waals surface area contributed by atoms with E-state index in [0.717, 1.165) is 57.8 Å². The first-order valence-corrected chi connectivity index (χ1v) is 19.0. The number of carbonyl (C=O) groups is 2. The van der Waals surface area contributed by atoms with Crippen molar-refractivity contribution >= 4 is 22.0 Å². The van der Waals surface area contributed by atoms with Crippen LogP contribution in [0.25, 0.3) is 0 Å². The first-order chi connectivity index (χ1) is 20.3. The molecule has 0 aliphatic carbocycles. The summed E-state index contributed by atoms with van der Waals surface area (Å²) in [5.74, 6) is -1.74. The SMILES string of the molecule is CCCCCCCCCCCCCCCCCCC(CC(N)=O)(C(=O)OCCCCCC)S(=O)(=O)OCCCCCC. The number of primary amides is 1. The summed E-state index contributed by atoms with van der Waals surface area (Å²) in [6, 6.07) is 0. The second kappa shape index (κ2) is 27.4. The van der Waals surface area contributed by atoms with Crippen LogP contribution in [0.2, 0.25) is 0 Å². The zero-order chi connectivity index (χ0) is 31.4. The Bertz CT molecular complexity index is 757. The minimum Gasteiger partial charge on any atom is -0.464 e. The molecule has 0 aromatic rings. The molecule has 7 nitrogen and oxygen atoms in total.